The van der Waals surface area contributed by atoms with Gasteiger partial charge >= 0.3 is 0 Å². The molecule has 0 heterocycles. The van der Waals surface area contributed by atoms with Crippen LogP contribution in [-0.2, 0) is 4.74 Å². The number of hydrogen-bond donors (Lipinski definition) is 0. The van der Waals surface area contributed by atoms with Crippen molar-refractivity contribution in [1.29, 1.82) is 0 Å². The van der Waals surface area contributed by atoms with Gasteiger partial charge in [-0.2, -0.15) is 0 Å². The minimum Gasteiger partial charge on any atom is -0.372 e. The van der Waals surface area contributed by atoms with Crippen molar-refractivity contribution in [2.45, 2.75) is 98.2 Å². The van der Waals surface area contributed by atoms with Gasteiger partial charge in [-0.1, -0.05) is 42.9 Å². The Hall–Kier alpha value is -0.820. The highest BCUT2D eigenvalue weighted by atomic mass is 16.5. The van der Waals surface area contributed by atoms with Crippen molar-refractivity contribution >= 4 is 0 Å². The lowest BCUT2D eigenvalue weighted by Crippen LogP contribution is -2.31. The van der Waals surface area contributed by atoms with Gasteiger partial charge < -0.3 is 4.74 Å². The molecule has 3 atom stereocenters. The summed E-state index contributed by atoms with van der Waals surface area (Å²) in [6, 6.07) is 0. The highest BCUT2D eigenvalue weighted by Crippen LogP contribution is 2.37. The van der Waals surface area contributed by atoms with Crippen LogP contribution < -0.4 is 0 Å². The van der Waals surface area contributed by atoms with Crippen molar-refractivity contribution in [3.8, 4) is 0 Å². The van der Waals surface area contributed by atoms with Gasteiger partial charge in [0.1, 0.15) is 0 Å². The van der Waals surface area contributed by atoms with Gasteiger partial charge in [-0.3, -0.25) is 0 Å². The molecule has 24 heavy (non-hydrogen) atoms. The molecule has 0 aromatic carbocycles. The molecule has 0 saturated heterocycles. The van der Waals surface area contributed by atoms with E-state index >= 15 is 0 Å². The van der Waals surface area contributed by atoms with E-state index in [1.165, 1.54) is 36.0 Å². The first kappa shape index (κ1) is 21.2. The third-order valence-corrected chi connectivity index (χ3v) is 4.96. The van der Waals surface area contributed by atoms with E-state index in [1.54, 1.807) is 0 Å². The van der Waals surface area contributed by atoms with Crippen LogP contribution in [-0.4, -0.2) is 11.7 Å². The lowest BCUT2D eigenvalue weighted by molar-refractivity contribution is -0.0718. The highest BCUT2D eigenvalue weighted by molar-refractivity contribution is 5.04. The Kier molecular flexibility index (Phi) is 8.50. The van der Waals surface area contributed by atoms with Crippen LogP contribution in [0.3, 0.4) is 0 Å². The first-order chi connectivity index (χ1) is 11.1. The largest absolute Gasteiger partial charge is 0.372 e. The van der Waals surface area contributed by atoms with Gasteiger partial charge in [0.25, 0.3) is 0 Å². The predicted molar refractivity (Wildman–Crippen MR) is 107 cm³/mol. The molecular weight excluding hydrogens is 292 g/mol. The fraction of sp³-hybridized carbons (Fsp3) is 0.739. The maximum atomic E-state index is 6.42. The van der Waals surface area contributed by atoms with Crippen molar-refractivity contribution in [3.05, 3.63) is 36.0 Å². The Morgan fingerprint density at radius 1 is 1.33 bits per heavy atom. The zero-order chi connectivity index (χ0) is 18.3. The molecule has 1 fully saturated rings. The van der Waals surface area contributed by atoms with E-state index in [2.05, 4.69) is 60.8 Å². The molecule has 0 amide bonds. The molecule has 1 saturated carbocycles. The highest BCUT2D eigenvalue weighted by Gasteiger charge is 2.28. The zero-order valence-electron chi connectivity index (χ0n) is 17.1. The van der Waals surface area contributed by atoms with Crippen LogP contribution in [0.25, 0.3) is 0 Å². The molecule has 138 valence electrons. The maximum absolute atomic E-state index is 6.42. The van der Waals surface area contributed by atoms with E-state index in [0.29, 0.717) is 5.92 Å². The van der Waals surface area contributed by atoms with Gasteiger partial charge in [0.05, 0.1) is 11.7 Å². The van der Waals surface area contributed by atoms with Crippen molar-refractivity contribution in [2.75, 3.05) is 0 Å². The molecule has 1 aliphatic rings. The van der Waals surface area contributed by atoms with Crippen LogP contribution in [0.1, 0.15) is 86.5 Å². The summed E-state index contributed by atoms with van der Waals surface area (Å²) >= 11 is 0. The maximum Gasteiger partial charge on any atom is 0.0622 e. The summed E-state index contributed by atoms with van der Waals surface area (Å²) in [6.07, 6.45) is 10.5. The summed E-state index contributed by atoms with van der Waals surface area (Å²) in [4.78, 5) is 0. The van der Waals surface area contributed by atoms with Crippen LogP contribution >= 0.6 is 0 Å². The fourth-order valence-electron chi connectivity index (χ4n) is 3.66. The molecule has 1 aliphatic carbocycles. The molecule has 0 aromatic heterocycles. The van der Waals surface area contributed by atoms with E-state index in [1.807, 2.05) is 0 Å². The van der Waals surface area contributed by atoms with Crippen LogP contribution in [0.5, 0.6) is 0 Å². The SMILES string of the molecule is C=C(CCC=C(C)C)CC(CC1CC(=C)CC[C@H]1C)OC(C)(C)C. The summed E-state index contributed by atoms with van der Waals surface area (Å²) in [5, 5.41) is 0. The van der Waals surface area contributed by atoms with Crippen molar-refractivity contribution < 1.29 is 4.74 Å². The third kappa shape index (κ3) is 8.87. The molecular formula is C23H40O. The molecule has 0 aliphatic heterocycles. The number of ether oxygens (including phenoxy) is 1. The molecule has 2 unspecified atom stereocenters. The zero-order valence-corrected chi connectivity index (χ0v) is 17.1. The second kappa shape index (κ2) is 9.61. The third-order valence-electron chi connectivity index (χ3n) is 4.96. The van der Waals surface area contributed by atoms with E-state index in [0.717, 1.165) is 31.6 Å². The standard InChI is InChI=1S/C23H40O/c1-17(2)10-9-11-18(3)15-22(24-23(6,7)8)16-21-14-19(4)12-13-20(21)5/h10,20-22H,3-4,9,11-16H2,1-2,5-8H3/t20-,21?,22?/m1/s1. The van der Waals surface area contributed by atoms with Crippen molar-refractivity contribution in [2.24, 2.45) is 11.8 Å². The van der Waals surface area contributed by atoms with Crippen LogP contribution in [0.15, 0.2) is 36.0 Å². The Morgan fingerprint density at radius 2 is 2.00 bits per heavy atom. The molecule has 1 nitrogen and oxygen atoms in total. The van der Waals surface area contributed by atoms with Gasteiger partial charge in [0.2, 0.25) is 0 Å². The second-order valence-electron chi connectivity index (χ2n) is 9.09. The average molecular weight is 333 g/mol. The Morgan fingerprint density at radius 3 is 2.58 bits per heavy atom. The van der Waals surface area contributed by atoms with Crippen LogP contribution in [0.4, 0.5) is 0 Å². The molecule has 0 bridgehead atoms. The van der Waals surface area contributed by atoms with E-state index < -0.39 is 0 Å². The minimum absolute atomic E-state index is 0.0975. The first-order valence-electron chi connectivity index (χ1n) is 9.71. The van der Waals surface area contributed by atoms with E-state index in [-0.39, 0.29) is 11.7 Å². The topological polar surface area (TPSA) is 9.23 Å². The second-order valence-corrected chi connectivity index (χ2v) is 9.09. The van der Waals surface area contributed by atoms with E-state index in [4.69, 9.17) is 4.74 Å². The molecule has 0 spiro atoms. The van der Waals surface area contributed by atoms with Gasteiger partial charge in [-0.05, 0) is 91.4 Å². The smallest absolute Gasteiger partial charge is 0.0622 e. The Balaban J connectivity index is 2.64. The van der Waals surface area contributed by atoms with Gasteiger partial charge in [-0.25, -0.2) is 0 Å². The van der Waals surface area contributed by atoms with Gasteiger partial charge in [0.15, 0.2) is 0 Å². The van der Waals surface area contributed by atoms with Crippen LogP contribution in [0, 0.1) is 11.8 Å². The predicted octanol–water partition coefficient (Wildman–Crippen LogP) is 7.25. The first-order valence-corrected chi connectivity index (χ1v) is 9.71. The molecule has 1 heteroatoms. The van der Waals surface area contributed by atoms with Crippen LogP contribution in [0.2, 0.25) is 0 Å². The van der Waals surface area contributed by atoms with Crippen molar-refractivity contribution in [3.63, 3.8) is 0 Å². The number of rotatable bonds is 8. The Labute approximate surface area is 151 Å². The average Bonchev–Trinajstić information content (AvgIpc) is 2.40. The molecule has 0 N–H and O–H groups in total. The fourth-order valence-corrected chi connectivity index (χ4v) is 3.66. The van der Waals surface area contributed by atoms with Crippen molar-refractivity contribution in [1.82, 2.24) is 0 Å². The number of hydrogen-bond acceptors (Lipinski definition) is 1. The summed E-state index contributed by atoms with van der Waals surface area (Å²) in [5.41, 5.74) is 4.04. The van der Waals surface area contributed by atoms with Gasteiger partial charge in [0, 0.05) is 0 Å². The summed E-state index contributed by atoms with van der Waals surface area (Å²) < 4.78 is 6.42. The number of allylic oxidation sites excluding steroid dienone is 3. The summed E-state index contributed by atoms with van der Waals surface area (Å²) in [5.74, 6) is 1.49. The molecule has 0 aromatic rings. The Bertz CT molecular complexity index is 445. The monoisotopic (exact) mass is 332 g/mol. The normalized spacial score (nSPS) is 23.0. The summed E-state index contributed by atoms with van der Waals surface area (Å²) in [6.45, 7) is 21.8. The lowest BCUT2D eigenvalue weighted by atomic mass is 9.75. The van der Waals surface area contributed by atoms with E-state index in [9.17, 15) is 0 Å². The van der Waals surface area contributed by atoms with Gasteiger partial charge in [-0.15, -0.1) is 0 Å². The molecule has 1 rings (SSSR count). The summed E-state index contributed by atoms with van der Waals surface area (Å²) in [7, 11) is 0. The minimum atomic E-state index is -0.0975. The quantitative estimate of drug-likeness (QED) is 0.425. The lowest BCUT2D eigenvalue weighted by Gasteiger charge is -2.35. The molecule has 0 radical (unpaired) electrons.